The highest BCUT2D eigenvalue weighted by atomic mass is 16.5. The summed E-state index contributed by atoms with van der Waals surface area (Å²) < 4.78 is 5.34. The second-order valence-electron chi connectivity index (χ2n) is 4.97. The van der Waals surface area contributed by atoms with Gasteiger partial charge in [-0.1, -0.05) is 36.4 Å². The predicted octanol–water partition coefficient (Wildman–Crippen LogP) is 2.41. The van der Waals surface area contributed by atoms with Gasteiger partial charge in [0.05, 0.1) is 6.10 Å². The summed E-state index contributed by atoms with van der Waals surface area (Å²) in [4.78, 5) is 11.1. The van der Waals surface area contributed by atoms with E-state index in [4.69, 9.17) is 4.74 Å². The number of hydrogen-bond donors (Lipinski definition) is 1. The van der Waals surface area contributed by atoms with Crippen LogP contribution in [0.1, 0.15) is 30.9 Å². The smallest absolute Gasteiger partial charge is 0.302 e. The van der Waals surface area contributed by atoms with Crippen molar-refractivity contribution in [3.63, 3.8) is 0 Å². The van der Waals surface area contributed by atoms with Gasteiger partial charge in [0.2, 0.25) is 0 Å². The molecule has 0 aromatic heterocycles. The third kappa shape index (κ3) is 4.21. The summed E-state index contributed by atoms with van der Waals surface area (Å²) in [6.45, 7) is 1.43. The highest BCUT2D eigenvalue weighted by Gasteiger charge is 2.15. The molecule has 1 N–H and O–H groups in total. The van der Waals surface area contributed by atoms with E-state index < -0.39 is 6.10 Å². The van der Waals surface area contributed by atoms with Crippen LogP contribution in [-0.4, -0.2) is 23.3 Å². The molecule has 1 aromatic rings. The average molecular weight is 260 g/mol. The molecule has 1 aliphatic carbocycles. The molecule has 0 aliphatic heterocycles. The summed E-state index contributed by atoms with van der Waals surface area (Å²) in [6.07, 6.45) is 6.07. The van der Waals surface area contributed by atoms with Crippen molar-refractivity contribution in [2.45, 2.75) is 44.8 Å². The fraction of sp³-hybridized carbons (Fsp3) is 0.438. The average Bonchev–Trinajstić information content (AvgIpc) is 2.36. The van der Waals surface area contributed by atoms with E-state index >= 15 is 0 Å². The number of aliphatic hydroxyl groups is 1. The number of carbonyl (C=O) groups is 1. The van der Waals surface area contributed by atoms with Crippen molar-refractivity contribution in [3.05, 3.63) is 47.5 Å². The molecule has 2 atom stereocenters. The minimum absolute atomic E-state index is 0.153. The normalized spacial score (nSPS) is 25.2. The largest absolute Gasteiger partial charge is 0.462 e. The zero-order valence-electron chi connectivity index (χ0n) is 11.2. The van der Waals surface area contributed by atoms with Crippen molar-refractivity contribution in [1.82, 2.24) is 0 Å². The lowest BCUT2D eigenvalue weighted by Crippen LogP contribution is -2.20. The van der Waals surface area contributed by atoms with Crippen LogP contribution < -0.4 is 0 Å². The Balaban J connectivity index is 2.22. The van der Waals surface area contributed by atoms with Gasteiger partial charge in [0, 0.05) is 19.8 Å². The molecule has 102 valence electrons. The molecule has 0 spiro atoms. The van der Waals surface area contributed by atoms with Crippen LogP contribution in [0.3, 0.4) is 0 Å². The molecule has 0 saturated carbocycles. The van der Waals surface area contributed by atoms with Crippen molar-refractivity contribution >= 4 is 5.97 Å². The first-order valence-electron chi connectivity index (χ1n) is 6.74. The van der Waals surface area contributed by atoms with Gasteiger partial charge in [0.25, 0.3) is 0 Å². The molecule has 0 bridgehead atoms. The quantitative estimate of drug-likeness (QED) is 0.623. The summed E-state index contributed by atoms with van der Waals surface area (Å²) in [5, 5.41) is 9.83. The molecule has 0 radical (unpaired) electrons. The summed E-state index contributed by atoms with van der Waals surface area (Å²) >= 11 is 0. The van der Waals surface area contributed by atoms with Crippen LogP contribution in [-0.2, 0) is 22.4 Å². The standard InChI is InChI=1S/C16H20O3/c1-12(17)19-16-8-4-7-15(18)10-9-13-5-2-3-6-14(13)11-16/h2-7,15-16,18H,8-11H2,1H3/b7-4-. The van der Waals surface area contributed by atoms with Gasteiger partial charge in [-0.05, 0) is 24.0 Å². The van der Waals surface area contributed by atoms with Gasteiger partial charge in [-0.25, -0.2) is 0 Å². The number of fused-ring (bicyclic) bond motifs is 1. The molecule has 3 nitrogen and oxygen atoms in total. The minimum atomic E-state index is -0.427. The fourth-order valence-electron chi connectivity index (χ4n) is 2.44. The van der Waals surface area contributed by atoms with Crippen molar-refractivity contribution in [1.29, 1.82) is 0 Å². The summed E-state index contributed by atoms with van der Waals surface area (Å²) in [7, 11) is 0. The van der Waals surface area contributed by atoms with E-state index in [1.165, 1.54) is 18.1 Å². The zero-order valence-corrected chi connectivity index (χ0v) is 11.2. The molecule has 0 amide bonds. The third-order valence-corrected chi connectivity index (χ3v) is 3.37. The van der Waals surface area contributed by atoms with Gasteiger partial charge in [0.1, 0.15) is 6.10 Å². The lowest BCUT2D eigenvalue weighted by Gasteiger charge is -2.19. The molecule has 3 heteroatoms. The van der Waals surface area contributed by atoms with Gasteiger partial charge in [0.15, 0.2) is 0 Å². The van der Waals surface area contributed by atoms with Crippen LogP contribution in [0.4, 0.5) is 0 Å². The Hall–Kier alpha value is -1.61. The lowest BCUT2D eigenvalue weighted by molar-refractivity contribution is -0.146. The van der Waals surface area contributed by atoms with Crippen LogP contribution in [0.15, 0.2) is 36.4 Å². The number of aliphatic hydroxyl groups excluding tert-OH is 1. The molecule has 1 aromatic carbocycles. The monoisotopic (exact) mass is 260 g/mol. The SMILES string of the molecule is CC(=O)OC1C/C=C\C(O)CCc2ccccc2C1. The Bertz CT molecular complexity index is 465. The highest BCUT2D eigenvalue weighted by Crippen LogP contribution is 2.19. The van der Waals surface area contributed by atoms with Gasteiger partial charge in [-0.15, -0.1) is 0 Å². The van der Waals surface area contributed by atoms with Crippen LogP contribution in [0.25, 0.3) is 0 Å². The molecule has 2 unspecified atom stereocenters. The van der Waals surface area contributed by atoms with E-state index in [-0.39, 0.29) is 12.1 Å². The Labute approximate surface area is 113 Å². The van der Waals surface area contributed by atoms with E-state index in [9.17, 15) is 9.90 Å². The number of carbonyl (C=O) groups excluding carboxylic acids is 1. The first-order chi connectivity index (χ1) is 9.15. The number of rotatable bonds is 1. The highest BCUT2D eigenvalue weighted by molar-refractivity contribution is 5.66. The zero-order chi connectivity index (χ0) is 13.7. The van der Waals surface area contributed by atoms with Crippen LogP contribution in [0.2, 0.25) is 0 Å². The van der Waals surface area contributed by atoms with E-state index in [0.29, 0.717) is 6.42 Å². The maximum Gasteiger partial charge on any atom is 0.302 e. The first-order valence-corrected chi connectivity index (χ1v) is 6.74. The Morgan fingerprint density at radius 2 is 2.05 bits per heavy atom. The maximum atomic E-state index is 11.1. The summed E-state index contributed by atoms with van der Waals surface area (Å²) in [5.74, 6) is -0.256. The number of aryl methyl sites for hydroxylation is 1. The topological polar surface area (TPSA) is 46.5 Å². The molecule has 19 heavy (non-hydrogen) atoms. The number of benzene rings is 1. The fourth-order valence-corrected chi connectivity index (χ4v) is 2.44. The predicted molar refractivity (Wildman–Crippen MR) is 73.8 cm³/mol. The molecular formula is C16H20O3. The number of hydrogen-bond acceptors (Lipinski definition) is 3. The van der Waals surface area contributed by atoms with Gasteiger partial charge < -0.3 is 9.84 Å². The van der Waals surface area contributed by atoms with E-state index in [1.807, 2.05) is 18.2 Å². The lowest BCUT2D eigenvalue weighted by atomic mass is 9.94. The number of esters is 1. The molecule has 0 heterocycles. The summed E-state index contributed by atoms with van der Waals surface area (Å²) in [5.41, 5.74) is 2.44. The van der Waals surface area contributed by atoms with Crippen molar-refractivity contribution in [2.75, 3.05) is 0 Å². The molecule has 0 saturated heterocycles. The van der Waals surface area contributed by atoms with Crippen molar-refractivity contribution < 1.29 is 14.6 Å². The third-order valence-electron chi connectivity index (χ3n) is 3.37. The van der Waals surface area contributed by atoms with E-state index in [1.54, 1.807) is 6.08 Å². The van der Waals surface area contributed by atoms with Crippen LogP contribution in [0.5, 0.6) is 0 Å². The molecule has 2 rings (SSSR count). The molecular weight excluding hydrogens is 240 g/mol. The number of ether oxygens (including phenoxy) is 1. The van der Waals surface area contributed by atoms with Gasteiger partial charge >= 0.3 is 5.97 Å². The van der Waals surface area contributed by atoms with Crippen molar-refractivity contribution in [3.8, 4) is 0 Å². The van der Waals surface area contributed by atoms with Crippen LogP contribution >= 0.6 is 0 Å². The Morgan fingerprint density at radius 1 is 1.32 bits per heavy atom. The summed E-state index contributed by atoms with van der Waals surface area (Å²) in [6, 6.07) is 8.16. The molecule has 0 fully saturated rings. The van der Waals surface area contributed by atoms with Crippen LogP contribution in [0, 0.1) is 0 Å². The van der Waals surface area contributed by atoms with E-state index in [0.717, 1.165) is 19.3 Å². The van der Waals surface area contributed by atoms with E-state index in [2.05, 4.69) is 12.1 Å². The van der Waals surface area contributed by atoms with Crippen molar-refractivity contribution in [2.24, 2.45) is 0 Å². The first kappa shape index (κ1) is 13.8. The maximum absolute atomic E-state index is 11.1. The van der Waals surface area contributed by atoms with Gasteiger partial charge in [-0.3, -0.25) is 4.79 Å². The minimum Gasteiger partial charge on any atom is -0.462 e. The van der Waals surface area contributed by atoms with Gasteiger partial charge in [-0.2, -0.15) is 0 Å². The second-order valence-corrected chi connectivity index (χ2v) is 4.97. The Morgan fingerprint density at radius 3 is 2.79 bits per heavy atom. The molecule has 1 aliphatic rings. The Kier molecular flexibility index (Phi) is 4.74. The second kappa shape index (κ2) is 6.53.